The van der Waals surface area contributed by atoms with Crippen LogP contribution in [0.1, 0.15) is 31.4 Å². The molecule has 31 heavy (non-hydrogen) atoms. The Balaban J connectivity index is 1.79. The maximum absolute atomic E-state index is 13.6. The Morgan fingerprint density at radius 1 is 1.23 bits per heavy atom. The van der Waals surface area contributed by atoms with Crippen molar-refractivity contribution in [2.45, 2.75) is 38.8 Å². The van der Waals surface area contributed by atoms with E-state index in [9.17, 15) is 9.59 Å². The SMILES string of the molecule is COc1ccc(Cl)cc1NC(=O)[C@H]1C[C@H](C(C)C)N[C@]12C(=O)Nc1c(C)cc(Cl)cc12. The van der Waals surface area contributed by atoms with Crippen molar-refractivity contribution in [2.75, 3.05) is 17.7 Å². The van der Waals surface area contributed by atoms with Gasteiger partial charge in [-0.1, -0.05) is 37.0 Å². The molecule has 0 unspecified atom stereocenters. The highest BCUT2D eigenvalue weighted by Gasteiger charge is 2.60. The van der Waals surface area contributed by atoms with Gasteiger partial charge in [0.15, 0.2) is 0 Å². The van der Waals surface area contributed by atoms with Crippen LogP contribution in [0.25, 0.3) is 0 Å². The molecule has 1 fully saturated rings. The van der Waals surface area contributed by atoms with Crippen LogP contribution in [0.15, 0.2) is 30.3 Å². The monoisotopic (exact) mass is 461 g/mol. The summed E-state index contributed by atoms with van der Waals surface area (Å²) >= 11 is 12.5. The first-order chi connectivity index (χ1) is 14.7. The normalized spacial score (nSPS) is 24.4. The summed E-state index contributed by atoms with van der Waals surface area (Å²) in [5.74, 6) is -0.449. The number of hydrogen-bond donors (Lipinski definition) is 3. The number of amides is 2. The second-order valence-electron chi connectivity index (χ2n) is 8.52. The molecule has 2 aromatic carbocycles. The van der Waals surface area contributed by atoms with Crippen molar-refractivity contribution in [3.05, 3.63) is 51.5 Å². The molecule has 3 N–H and O–H groups in total. The second-order valence-corrected chi connectivity index (χ2v) is 9.40. The van der Waals surface area contributed by atoms with E-state index >= 15 is 0 Å². The molecule has 1 saturated heterocycles. The van der Waals surface area contributed by atoms with Crippen molar-refractivity contribution in [1.29, 1.82) is 0 Å². The third-order valence-electron chi connectivity index (χ3n) is 6.29. The number of benzene rings is 2. The van der Waals surface area contributed by atoms with Crippen LogP contribution in [0, 0.1) is 18.8 Å². The van der Waals surface area contributed by atoms with Crippen LogP contribution in [0.5, 0.6) is 5.75 Å². The lowest BCUT2D eigenvalue weighted by Gasteiger charge is -2.30. The summed E-state index contributed by atoms with van der Waals surface area (Å²) < 4.78 is 5.36. The van der Waals surface area contributed by atoms with Crippen molar-refractivity contribution >= 4 is 46.4 Å². The molecule has 0 aliphatic carbocycles. The summed E-state index contributed by atoms with van der Waals surface area (Å²) in [6.07, 6.45) is 0.505. The van der Waals surface area contributed by atoms with Gasteiger partial charge in [0.2, 0.25) is 11.8 Å². The molecule has 0 saturated carbocycles. The molecule has 3 atom stereocenters. The number of hydrogen-bond acceptors (Lipinski definition) is 4. The fourth-order valence-corrected chi connectivity index (χ4v) is 5.11. The number of carbonyl (C=O) groups excluding carboxylic acids is 2. The Hall–Kier alpha value is -2.28. The van der Waals surface area contributed by atoms with E-state index in [-0.39, 0.29) is 23.8 Å². The number of anilines is 2. The van der Waals surface area contributed by atoms with Crippen molar-refractivity contribution in [3.8, 4) is 5.75 Å². The van der Waals surface area contributed by atoms with Gasteiger partial charge >= 0.3 is 0 Å². The van der Waals surface area contributed by atoms with E-state index in [0.717, 1.165) is 5.56 Å². The molecule has 8 heteroatoms. The second kappa shape index (κ2) is 8.01. The smallest absolute Gasteiger partial charge is 0.250 e. The molecular weight excluding hydrogens is 437 g/mol. The highest BCUT2D eigenvalue weighted by Crippen LogP contribution is 2.50. The highest BCUT2D eigenvalue weighted by atomic mass is 35.5. The molecule has 0 bridgehead atoms. The predicted molar refractivity (Wildman–Crippen MR) is 123 cm³/mol. The Labute approximate surface area is 191 Å². The number of aryl methyl sites for hydroxylation is 1. The van der Waals surface area contributed by atoms with Gasteiger partial charge in [0.05, 0.1) is 18.7 Å². The lowest BCUT2D eigenvalue weighted by atomic mass is 9.79. The van der Waals surface area contributed by atoms with E-state index < -0.39 is 11.5 Å². The summed E-state index contributed by atoms with van der Waals surface area (Å²) in [4.78, 5) is 27.0. The summed E-state index contributed by atoms with van der Waals surface area (Å²) in [6.45, 7) is 6.04. The Morgan fingerprint density at radius 2 is 1.97 bits per heavy atom. The zero-order valence-corrected chi connectivity index (χ0v) is 19.3. The average molecular weight is 462 g/mol. The van der Waals surface area contributed by atoms with Gasteiger partial charge in [-0.3, -0.25) is 14.9 Å². The van der Waals surface area contributed by atoms with Crippen LogP contribution in [-0.4, -0.2) is 25.0 Å². The van der Waals surface area contributed by atoms with Gasteiger partial charge in [-0.15, -0.1) is 0 Å². The van der Waals surface area contributed by atoms with Gasteiger partial charge in [0.1, 0.15) is 11.3 Å². The molecule has 164 valence electrons. The zero-order chi connectivity index (χ0) is 22.5. The van der Waals surface area contributed by atoms with E-state index in [1.165, 1.54) is 7.11 Å². The van der Waals surface area contributed by atoms with Crippen LogP contribution in [0.4, 0.5) is 11.4 Å². The molecule has 2 amide bonds. The minimum Gasteiger partial charge on any atom is -0.495 e. The maximum atomic E-state index is 13.6. The third kappa shape index (κ3) is 3.56. The lowest BCUT2D eigenvalue weighted by molar-refractivity contribution is -0.130. The first-order valence-corrected chi connectivity index (χ1v) is 11.0. The van der Waals surface area contributed by atoms with Gasteiger partial charge < -0.3 is 15.4 Å². The zero-order valence-electron chi connectivity index (χ0n) is 17.8. The number of methoxy groups -OCH3 is 1. The van der Waals surface area contributed by atoms with Crippen LogP contribution in [0.2, 0.25) is 10.0 Å². The van der Waals surface area contributed by atoms with Gasteiger partial charge in [-0.25, -0.2) is 0 Å². The molecule has 0 aromatic heterocycles. The Kier molecular flexibility index (Phi) is 5.66. The number of nitrogens with one attached hydrogen (secondary N) is 3. The number of carbonyl (C=O) groups is 2. The summed E-state index contributed by atoms with van der Waals surface area (Å²) in [6, 6.07) is 8.58. The minimum atomic E-state index is -1.20. The number of fused-ring (bicyclic) bond motifs is 2. The predicted octanol–water partition coefficient (Wildman–Crippen LogP) is 4.73. The number of rotatable bonds is 4. The highest BCUT2D eigenvalue weighted by molar-refractivity contribution is 6.31. The number of ether oxygens (including phenoxy) is 1. The van der Waals surface area contributed by atoms with Gasteiger partial charge in [0.25, 0.3) is 0 Å². The summed E-state index contributed by atoms with van der Waals surface area (Å²) in [5.41, 5.74) is 1.55. The molecule has 1 spiro atoms. The van der Waals surface area contributed by atoms with E-state index in [1.807, 2.05) is 6.92 Å². The first-order valence-electron chi connectivity index (χ1n) is 10.2. The van der Waals surface area contributed by atoms with Gasteiger partial charge in [-0.05, 0) is 55.2 Å². The molecule has 4 rings (SSSR count). The third-order valence-corrected chi connectivity index (χ3v) is 6.74. The molecule has 2 aromatic rings. The fourth-order valence-electron chi connectivity index (χ4n) is 4.67. The van der Waals surface area contributed by atoms with Crippen LogP contribution >= 0.6 is 23.2 Å². The van der Waals surface area contributed by atoms with Crippen LogP contribution < -0.4 is 20.7 Å². The number of halogens is 2. The first kappa shape index (κ1) is 21.9. The molecule has 6 nitrogen and oxygen atoms in total. The average Bonchev–Trinajstić information content (AvgIpc) is 3.23. The van der Waals surface area contributed by atoms with Crippen molar-refractivity contribution in [2.24, 2.45) is 11.8 Å². The van der Waals surface area contributed by atoms with Gasteiger partial charge in [0, 0.05) is 27.3 Å². The van der Waals surface area contributed by atoms with E-state index in [2.05, 4.69) is 29.8 Å². The van der Waals surface area contributed by atoms with Crippen LogP contribution in [0.3, 0.4) is 0 Å². The van der Waals surface area contributed by atoms with Crippen LogP contribution in [-0.2, 0) is 15.1 Å². The standard InChI is InChI=1S/C23H25Cl2N3O3/c1-11(2)17-10-16(21(29)26-18-9-13(24)5-6-19(18)31-4)23(28-17)15-8-14(25)7-12(3)20(15)27-22(23)30/h5-9,11,16-17,28H,10H2,1-4H3,(H,26,29)(H,27,30)/t16-,17-,23+/m1/s1. The van der Waals surface area contributed by atoms with E-state index in [0.29, 0.717) is 39.2 Å². The van der Waals surface area contributed by atoms with Crippen molar-refractivity contribution in [1.82, 2.24) is 5.32 Å². The Morgan fingerprint density at radius 3 is 2.65 bits per heavy atom. The topological polar surface area (TPSA) is 79.5 Å². The summed E-state index contributed by atoms with van der Waals surface area (Å²) in [5, 5.41) is 10.4. The minimum absolute atomic E-state index is 0.0204. The molecule has 2 aliphatic rings. The Bertz CT molecular complexity index is 1070. The van der Waals surface area contributed by atoms with Crippen molar-refractivity contribution < 1.29 is 14.3 Å². The van der Waals surface area contributed by atoms with E-state index in [1.54, 1.807) is 30.3 Å². The van der Waals surface area contributed by atoms with E-state index in [4.69, 9.17) is 27.9 Å². The lowest BCUT2D eigenvalue weighted by Crippen LogP contribution is -2.52. The maximum Gasteiger partial charge on any atom is 0.250 e. The molecule has 2 heterocycles. The molecular formula is C23H25Cl2N3O3. The van der Waals surface area contributed by atoms with Crippen molar-refractivity contribution in [3.63, 3.8) is 0 Å². The molecule has 0 radical (unpaired) electrons. The fraction of sp³-hybridized carbons (Fsp3) is 0.391. The largest absolute Gasteiger partial charge is 0.495 e. The van der Waals surface area contributed by atoms with Gasteiger partial charge in [-0.2, -0.15) is 0 Å². The molecule has 2 aliphatic heterocycles. The quantitative estimate of drug-likeness (QED) is 0.614. The summed E-state index contributed by atoms with van der Waals surface area (Å²) in [7, 11) is 1.53.